The van der Waals surface area contributed by atoms with Crippen LogP contribution in [0.3, 0.4) is 0 Å². The first-order valence-electron chi connectivity index (χ1n) is 9.74. The van der Waals surface area contributed by atoms with E-state index in [0.717, 1.165) is 4.31 Å². The zero-order chi connectivity index (χ0) is 21.6. The zero-order valence-electron chi connectivity index (χ0n) is 16.8. The van der Waals surface area contributed by atoms with E-state index in [9.17, 15) is 28.2 Å². The lowest BCUT2D eigenvalue weighted by Crippen LogP contribution is -2.43. The van der Waals surface area contributed by atoms with Crippen LogP contribution in [-0.4, -0.2) is 78.8 Å². The van der Waals surface area contributed by atoms with Crippen LogP contribution in [0.15, 0.2) is 34.9 Å². The van der Waals surface area contributed by atoms with E-state index >= 15 is 0 Å². The van der Waals surface area contributed by atoms with Gasteiger partial charge in [-0.3, -0.25) is 9.59 Å². The maximum Gasteiger partial charge on any atom is 0.249 e. The van der Waals surface area contributed by atoms with E-state index in [1.54, 1.807) is 17.0 Å². The quantitative estimate of drug-likeness (QED) is 0.545. The van der Waals surface area contributed by atoms with Crippen LogP contribution < -0.4 is 0 Å². The normalized spacial score (nSPS) is 14.5. The van der Waals surface area contributed by atoms with Crippen molar-refractivity contribution in [2.45, 2.75) is 26.7 Å². The van der Waals surface area contributed by atoms with Gasteiger partial charge in [-0.25, -0.2) is 8.42 Å². The molecule has 1 aliphatic carbocycles. The van der Waals surface area contributed by atoms with E-state index < -0.39 is 39.7 Å². The molecule has 9 heteroatoms. The van der Waals surface area contributed by atoms with Gasteiger partial charge < -0.3 is 15.1 Å². The molecule has 0 aromatic heterocycles. The van der Waals surface area contributed by atoms with Gasteiger partial charge in [0.15, 0.2) is 4.91 Å². The number of hydrogen-bond donors (Lipinski definition) is 2. The molecule has 8 nitrogen and oxygen atoms in total. The summed E-state index contributed by atoms with van der Waals surface area (Å²) in [6.45, 7) is 3.12. The second-order valence-electron chi connectivity index (χ2n) is 6.72. The molecule has 2 rings (SSSR count). The van der Waals surface area contributed by atoms with Crippen LogP contribution in [0.1, 0.15) is 47.4 Å². The number of benzene rings is 1. The molecule has 0 radical (unpaired) electrons. The molecule has 0 saturated carbocycles. The van der Waals surface area contributed by atoms with Crippen molar-refractivity contribution in [3.63, 3.8) is 0 Å². The highest BCUT2D eigenvalue weighted by molar-refractivity contribution is 7.94. The van der Waals surface area contributed by atoms with E-state index in [4.69, 9.17) is 0 Å². The first-order valence-corrected chi connectivity index (χ1v) is 11.2. The Balaban J connectivity index is 2.78. The van der Waals surface area contributed by atoms with Gasteiger partial charge in [-0.2, -0.15) is 4.31 Å². The summed E-state index contributed by atoms with van der Waals surface area (Å²) >= 11 is 0. The molecular weight excluding hydrogens is 396 g/mol. The number of Topliss-reactive ketones (excluding diaryl/α,β-unsaturated/α-hetero) is 2. The first-order chi connectivity index (χ1) is 13.8. The van der Waals surface area contributed by atoms with Gasteiger partial charge in [0.25, 0.3) is 0 Å². The van der Waals surface area contributed by atoms with Gasteiger partial charge in [-0.1, -0.05) is 38.1 Å². The van der Waals surface area contributed by atoms with Crippen molar-refractivity contribution in [3.8, 4) is 0 Å². The average Bonchev–Trinajstić information content (AvgIpc) is 2.70. The summed E-state index contributed by atoms with van der Waals surface area (Å²) in [5, 5.41) is 18.6. The summed E-state index contributed by atoms with van der Waals surface area (Å²) in [6, 6.07) is 6.17. The lowest BCUT2D eigenvalue weighted by atomic mass is 9.91. The van der Waals surface area contributed by atoms with Crippen LogP contribution in [0.25, 0.3) is 0 Å². The molecule has 0 heterocycles. The third-order valence-corrected chi connectivity index (χ3v) is 6.59. The maximum atomic E-state index is 13.4. The van der Waals surface area contributed by atoms with Crippen molar-refractivity contribution in [1.82, 2.24) is 9.21 Å². The van der Waals surface area contributed by atoms with Crippen LogP contribution >= 0.6 is 0 Å². The number of fused-ring (bicyclic) bond motifs is 1. The topological polar surface area (TPSA) is 115 Å². The van der Waals surface area contributed by atoms with E-state index in [0.29, 0.717) is 25.9 Å². The minimum Gasteiger partial charge on any atom is -0.395 e. The van der Waals surface area contributed by atoms with Crippen LogP contribution in [0, 0.1) is 0 Å². The molecule has 0 atom stereocenters. The predicted octanol–water partition coefficient (Wildman–Crippen LogP) is 1.02. The monoisotopic (exact) mass is 424 g/mol. The van der Waals surface area contributed by atoms with E-state index in [1.165, 1.54) is 12.1 Å². The molecule has 160 valence electrons. The highest BCUT2D eigenvalue weighted by atomic mass is 32.2. The third kappa shape index (κ3) is 4.58. The Bertz CT molecular complexity index is 882. The number of rotatable bonds is 11. The average molecular weight is 425 g/mol. The van der Waals surface area contributed by atoms with Crippen molar-refractivity contribution in [2.75, 3.05) is 39.4 Å². The molecule has 0 fully saturated rings. The zero-order valence-corrected chi connectivity index (χ0v) is 17.6. The molecule has 0 bridgehead atoms. The number of aliphatic hydroxyl groups excluding tert-OH is 2. The number of carbonyl (C=O) groups is 2. The van der Waals surface area contributed by atoms with Crippen LogP contribution in [-0.2, 0) is 10.0 Å². The number of nitrogens with zero attached hydrogens (tertiary/aromatic N) is 2. The molecule has 2 N–H and O–H groups in total. The molecule has 1 aromatic carbocycles. The number of aliphatic hydroxyl groups is 2. The van der Waals surface area contributed by atoms with Gasteiger partial charge >= 0.3 is 0 Å². The van der Waals surface area contributed by atoms with E-state index in [-0.39, 0.29) is 29.9 Å². The predicted molar refractivity (Wildman–Crippen MR) is 109 cm³/mol. The summed E-state index contributed by atoms with van der Waals surface area (Å²) in [7, 11) is -4.42. The lowest BCUT2D eigenvalue weighted by Gasteiger charge is -2.32. The van der Waals surface area contributed by atoms with Crippen molar-refractivity contribution in [2.24, 2.45) is 0 Å². The molecule has 0 saturated heterocycles. The van der Waals surface area contributed by atoms with Crippen LogP contribution in [0.2, 0.25) is 0 Å². The molecule has 0 aliphatic heterocycles. The standard InChI is InChI=1S/C20H28N2O6S/c1-3-9-21(10-4-2)17-18(25)15-7-5-6-8-16(15)19(26)20(17)29(27,28)22(11-13-23)12-14-24/h5-8,23-24H,3-4,9-14H2,1-2H3. The summed E-state index contributed by atoms with van der Waals surface area (Å²) in [6.07, 6.45) is 1.33. The molecule has 0 amide bonds. The number of ketones is 2. The van der Waals surface area contributed by atoms with Gasteiger partial charge in [-0.15, -0.1) is 0 Å². The van der Waals surface area contributed by atoms with Gasteiger partial charge in [0, 0.05) is 37.3 Å². The summed E-state index contributed by atoms with van der Waals surface area (Å²) < 4.78 is 27.6. The number of allylic oxidation sites excluding steroid dienone is 2. The van der Waals surface area contributed by atoms with E-state index in [1.807, 2.05) is 13.8 Å². The Morgan fingerprint density at radius 1 is 0.828 bits per heavy atom. The lowest BCUT2D eigenvalue weighted by molar-refractivity contribution is 0.0945. The Kier molecular flexibility index (Phi) is 8.09. The Morgan fingerprint density at radius 3 is 1.76 bits per heavy atom. The largest absolute Gasteiger partial charge is 0.395 e. The SMILES string of the molecule is CCCN(CCC)C1=C(S(=O)(=O)N(CCO)CCO)C(=O)c2ccccc2C1=O. The molecule has 0 unspecified atom stereocenters. The minimum atomic E-state index is -4.42. The highest BCUT2D eigenvalue weighted by Gasteiger charge is 2.43. The van der Waals surface area contributed by atoms with Crippen LogP contribution in [0.5, 0.6) is 0 Å². The summed E-state index contributed by atoms with van der Waals surface area (Å²) in [5.41, 5.74) is 0.0959. The second-order valence-corrected chi connectivity index (χ2v) is 8.59. The number of sulfonamides is 1. The van der Waals surface area contributed by atoms with Gasteiger partial charge in [0.05, 0.1) is 13.2 Å². The molecular formula is C20H28N2O6S. The van der Waals surface area contributed by atoms with Crippen molar-refractivity contribution in [1.29, 1.82) is 0 Å². The van der Waals surface area contributed by atoms with Gasteiger partial charge in [0.1, 0.15) is 5.70 Å². The van der Waals surface area contributed by atoms with Crippen LogP contribution in [0.4, 0.5) is 0 Å². The summed E-state index contributed by atoms with van der Waals surface area (Å²) in [5.74, 6) is -1.25. The smallest absolute Gasteiger partial charge is 0.249 e. The Hall–Kier alpha value is -2.07. The number of carbonyl (C=O) groups excluding carboxylic acids is 2. The fourth-order valence-corrected chi connectivity index (χ4v) is 5.16. The second kappa shape index (κ2) is 10.1. The van der Waals surface area contributed by atoms with Gasteiger partial charge in [0.2, 0.25) is 21.6 Å². The Morgan fingerprint density at radius 2 is 1.31 bits per heavy atom. The van der Waals surface area contributed by atoms with Gasteiger partial charge in [-0.05, 0) is 12.8 Å². The van der Waals surface area contributed by atoms with Crippen molar-refractivity contribution >= 4 is 21.6 Å². The van der Waals surface area contributed by atoms with Crippen molar-refractivity contribution in [3.05, 3.63) is 46.0 Å². The fraction of sp³-hybridized carbons (Fsp3) is 0.500. The molecule has 0 spiro atoms. The molecule has 29 heavy (non-hydrogen) atoms. The van der Waals surface area contributed by atoms with E-state index in [2.05, 4.69) is 0 Å². The highest BCUT2D eigenvalue weighted by Crippen LogP contribution is 2.33. The minimum absolute atomic E-state index is 0.0423. The number of hydrogen-bond acceptors (Lipinski definition) is 7. The molecule has 1 aliphatic rings. The fourth-order valence-electron chi connectivity index (χ4n) is 3.45. The first kappa shape index (κ1) is 23.2. The Labute approximate surface area is 171 Å². The molecule has 1 aromatic rings. The van der Waals surface area contributed by atoms with Crippen molar-refractivity contribution < 1.29 is 28.2 Å². The third-order valence-electron chi connectivity index (χ3n) is 4.65. The maximum absolute atomic E-state index is 13.4. The summed E-state index contributed by atoms with van der Waals surface area (Å²) in [4.78, 5) is 27.7.